The van der Waals surface area contributed by atoms with Crippen LogP contribution in [-0.2, 0) is 22.6 Å². The zero-order chi connectivity index (χ0) is 27.1. The highest BCUT2D eigenvalue weighted by Gasteiger charge is 2.31. The second-order valence-corrected chi connectivity index (χ2v) is 11.2. The molecule has 0 bridgehead atoms. The van der Waals surface area contributed by atoms with E-state index in [9.17, 15) is 14.7 Å². The van der Waals surface area contributed by atoms with Crippen LogP contribution in [0.1, 0.15) is 57.1 Å². The van der Waals surface area contributed by atoms with Gasteiger partial charge in [-0.25, -0.2) is 0 Å². The van der Waals surface area contributed by atoms with E-state index >= 15 is 0 Å². The zero-order valence-electron chi connectivity index (χ0n) is 23.1. The number of rotatable bonds is 8. The third-order valence-corrected chi connectivity index (χ3v) is 7.95. The van der Waals surface area contributed by atoms with Crippen LogP contribution in [0.5, 0.6) is 5.75 Å². The molecule has 0 aromatic heterocycles. The number of carbonyl (C=O) groups excluding carboxylic acids is 2. The van der Waals surface area contributed by atoms with Gasteiger partial charge in [-0.05, 0) is 50.6 Å². The molecule has 1 saturated carbocycles. The Morgan fingerprint density at radius 3 is 2.61 bits per heavy atom. The molecule has 0 unspecified atom stereocenters. The zero-order valence-corrected chi connectivity index (χ0v) is 23.1. The molecule has 4 rings (SSSR count). The van der Waals surface area contributed by atoms with Crippen molar-refractivity contribution in [3.8, 4) is 5.75 Å². The Kier molecular flexibility index (Phi) is 9.80. The second-order valence-electron chi connectivity index (χ2n) is 11.2. The number of fused-ring (bicyclic) bond motifs is 1. The standard InChI is InChI=1S/C31H43N3O4/c1-22-18-34(23(2)21-35)30(36)17-26-16-27(32-31(37)25-12-8-5-9-13-25)14-15-28(26)38-29(22)20-33(3)19-24-10-6-4-7-11-24/h4,6-7,10-11,14-16,22-23,25,29,35H,5,8-9,12-13,17-21H2,1-3H3,(H,32,37)/t22-,23-,29+/m0/s1. The molecule has 1 fully saturated rings. The summed E-state index contributed by atoms with van der Waals surface area (Å²) in [6, 6.07) is 15.7. The second kappa shape index (κ2) is 13.3. The summed E-state index contributed by atoms with van der Waals surface area (Å²) < 4.78 is 6.63. The third kappa shape index (κ3) is 7.35. The molecule has 1 aliphatic heterocycles. The Bertz CT molecular complexity index is 1070. The van der Waals surface area contributed by atoms with Crippen LogP contribution >= 0.6 is 0 Å². The van der Waals surface area contributed by atoms with E-state index in [1.165, 1.54) is 12.0 Å². The van der Waals surface area contributed by atoms with Gasteiger partial charge in [-0.1, -0.05) is 56.5 Å². The van der Waals surface area contributed by atoms with Crippen LogP contribution in [0.3, 0.4) is 0 Å². The van der Waals surface area contributed by atoms with Gasteiger partial charge in [0.15, 0.2) is 0 Å². The lowest BCUT2D eigenvalue weighted by atomic mass is 9.88. The lowest BCUT2D eigenvalue weighted by Gasteiger charge is -2.34. The first kappa shape index (κ1) is 28.1. The summed E-state index contributed by atoms with van der Waals surface area (Å²) in [5.41, 5.74) is 2.69. The van der Waals surface area contributed by atoms with Crippen LogP contribution in [0, 0.1) is 11.8 Å². The Hall–Kier alpha value is -2.90. The molecule has 206 valence electrons. The molecule has 7 heteroatoms. The van der Waals surface area contributed by atoms with Gasteiger partial charge in [-0.2, -0.15) is 0 Å². The fourth-order valence-electron chi connectivity index (χ4n) is 5.60. The summed E-state index contributed by atoms with van der Waals surface area (Å²) in [5, 5.41) is 13.0. The topological polar surface area (TPSA) is 82.1 Å². The molecule has 3 atom stereocenters. The quantitative estimate of drug-likeness (QED) is 0.535. The molecule has 0 saturated heterocycles. The predicted molar refractivity (Wildman–Crippen MR) is 150 cm³/mol. The highest BCUT2D eigenvalue weighted by Crippen LogP contribution is 2.30. The van der Waals surface area contributed by atoms with E-state index in [0.717, 1.165) is 37.8 Å². The molecule has 2 aromatic rings. The van der Waals surface area contributed by atoms with Crippen LogP contribution in [0.4, 0.5) is 5.69 Å². The number of carbonyl (C=O) groups is 2. The summed E-state index contributed by atoms with van der Waals surface area (Å²) in [5.74, 6) is 0.792. The summed E-state index contributed by atoms with van der Waals surface area (Å²) in [6.45, 7) is 5.87. The molecule has 0 radical (unpaired) electrons. The minimum Gasteiger partial charge on any atom is -0.488 e. The molecule has 1 heterocycles. The van der Waals surface area contributed by atoms with Crippen LogP contribution < -0.4 is 10.1 Å². The van der Waals surface area contributed by atoms with Gasteiger partial charge in [0, 0.05) is 42.7 Å². The average molecular weight is 522 g/mol. The van der Waals surface area contributed by atoms with Crippen molar-refractivity contribution < 1.29 is 19.4 Å². The van der Waals surface area contributed by atoms with Crippen molar-refractivity contribution in [2.45, 2.75) is 71.1 Å². The molecule has 38 heavy (non-hydrogen) atoms. The van der Waals surface area contributed by atoms with Crippen molar-refractivity contribution in [3.63, 3.8) is 0 Å². The number of hydrogen-bond donors (Lipinski definition) is 2. The van der Waals surface area contributed by atoms with E-state index in [-0.39, 0.29) is 48.8 Å². The van der Waals surface area contributed by atoms with Crippen LogP contribution in [0.25, 0.3) is 0 Å². The SMILES string of the molecule is C[C@H]1CN([C@@H](C)CO)C(=O)Cc2cc(NC(=O)C3CCCCC3)ccc2O[C@@H]1CN(C)Cc1ccccc1. The predicted octanol–water partition coefficient (Wildman–Crippen LogP) is 4.49. The number of benzene rings is 2. The normalized spacial score (nSPS) is 21.6. The molecule has 2 amide bonds. The fraction of sp³-hybridized carbons (Fsp3) is 0.548. The number of nitrogens with zero attached hydrogens (tertiary/aromatic N) is 2. The van der Waals surface area contributed by atoms with E-state index in [1.807, 2.05) is 43.3 Å². The molecular formula is C31H43N3O4. The van der Waals surface area contributed by atoms with E-state index in [2.05, 4.69) is 36.3 Å². The van der Waals surface area contributed by atoms with Gasteiger partial charge in [0.05, 0.1) is 19.1 Å². The van der Waals surface area contributed by atoms with Crippen molar-refractivity contribution in [2.24, 2.45) is 11.8 Å². The molecule has 1 aliphatic carbocycles. The Labute approximate surface area is 227 Å². The number of likely N-dealkylation sites (N-methyl/N-ethyl adjacent to an activating group) is 1. The maximum absolute atomic E-state index is 13.4. The number of aliphatic hydroxyl groups excluding tert-OH is 1. The van der Waals surface area contributed by atoms with Gasteiger partial charge in [-0.15, -0.1) is 0 Å². The highest BCUT2D eigenvalue weighted by atomic mass is 16.5. The van der Waals surface area contributed by atoms with Gasteiger partial charge < -0.3 is 20.1 Å². The average Bonchev–Trinajstić information content (AvgIpc) is 2.97. The maximum Gasteiger partial charge on any atom is 0.227 e. The summed E-state index contributed by atoms with van der Waals surface area (Å²) in [4.78, 5) is 30.3. The van der Waals surface area contributed by atoms with Crippen molar-refractivity contribution in [3.05, 3.63) is 59.7 Å². The van der Waals surface area contributed by atoms with E-state index in [1.54, 1.807) is 4.90 Å². The number of ether oxygens (including phenoxy) is 1. The summed E-state index contributed by atoms with van der Waals surface area (Å²) in [6.07, 6.45) is 5.26. The molecule has 2 N–H and O–H groups in total. The lowest BCUT2D eigenvalue weighted by molar-refractivity contribution is -0.134. The molecule has 2 aromatic carbocycles. The maximum atomic E-state index is 13.4. The third-order valence-electron chi connectivity index (χ3n) is 7.95. The molecule has 2 aliphatic rings. The minimum atomic E-state index is -0.289. The smallest absolute Gasteiger partial charge is 0.227 e. The van der Waals surface area contributed by atoms with Crippen LogP contribution in [0.2, 0.25) is 0 Å². The van der Waals surface area contributed by atoms with Gasteiger partial charge in [0.1, 0.15) is 11.9 Å². The highest BCUT2D eigenvalue weighted by molar-refractivity contribution is 5.93. The van der Waals surface area contributed by atoms with Crippen molar-refractivity contribution >= 4 is 17.5 Å². The lowest BCUT2D eigenvalue weighted by Crippen LogP contribution is -2.47. The number of hydrogen-bond acceptors (Lipinski definition) is 5. The van der Waals surface area contributed by atoms with Crippen molar-refractivity contribution in [2.75, 3.05) is 32.1 Å². The largest absolute Gasteiger partial charge is 0.488 e. The monoisotopic (exact) mass is 521 g/mol. The summed E-state index contributed by atoms with van der Waals surface area (Å²) in [7, 11) is 2.08. The van der Waals surface area contributed by atoms with Gasteiger partial charge in [-0.3, -0.25) is 14.5 Å². The Morgan fingerprint density at radius 1 is 1.16 bits per heavy atom. The van der Waals surface area contributed by atoms with E-state index < -0.39 is 0 Å². The van der Waals surface area contributed by atoms with Gasteiger partial charge >= 0.3 is 0 Å². The first-order valence-electron chi connectivity index (χ1n) is 14.1. The number of aliphatic hydroxyl groups is 1. The fourth-order valence-corrected chi connectivity index (χ4v) is 5.60. The van der Waals surface area contributed by atoms with Gasteiger partial charge in [0.25, 0.3) is 0 Å². The van der Waals surface area contributed by atoms with Crippen molar-refractivity contribution in [1.29, 1.82) is 0 Å². The van der Waals surface area contributed by atoms with Crippen LogP contribution in [0.15, 0.2) is 48.5 Å². The van der Waals surface area contributed by atoms with E-state index in [0.29, 0.717) is 24.5 Å². The van der Waals surface area contributed by atoms with Crippen LogP contribution in [-0.4, -0.2) is 65.6 Å². The Morgan fingerprint density at radius 2 is 1.89 bits per heavy atom. The summed E-state index contributed by atoms with van der Waals surface area (Å²) >= 11 is 0. The number of nitrogens with one attached hydrogen (secondary N) is 1. The number of amides is 2. The molecule has 0 spiro atoms. The molecular weight excluding hydrogens is 478 g/mol. The van der Waals surface area contributed by atoms with Gasteiger partial charge in [0.2, 0.25) is 11.8 Å². The van der Waals surface area contributed by atoms with Crippen molar-refractivity contribution in [1.82, 2.24) is 9.80 Å². The van der Waals surface area contributed by atoms with E-state index in [4.69, 9.17) is 4.74 Å². The minimum absolute atomic E-state index is 0.0442. The number of anilines is 1. The first-order chi connectivity index (χ1) is 18.3. The molecule has 7 nitrogen and oxygen atoms in total. The first-order valence-corrected chi connectivity index (χ1v) is 14.1. The Balaban J connectivity index is 1.57.